The summed E-state index contributed by atoms with van der Waals surface area (Å²) in [5.74, 6) is -0.371. The number of methoxy groups -OCH3 is 1. The number of ether oxygens (including phenoxy) is 1. The van der Waals surface area contributed by atoms with Crippen molar-refractivity contribution in [2.45, 2.75) is 6.42 Å². The fourth-order valence-electron chi connectivity index (χ4n) is 1.59. The number of nitrogens with zero attached hydrogens (tertiary/aromatic N) is 1. The van der Waals surface area contributed by atoms with Crippen LogP contribution >= 0.6 is 0 Å². The third-order valence-electron chi connectivity index (χ3n) is 2.37. The van der Waals surface area contributed by atoms with Crippen LogP contribution in [-0.2, 0) is 4.74 Å². The van der Waals surface area contributed by atoms with Gasteiger partial charge in [-0.15, -0.1) is 0 Å². The number of carbonyl (C=O) groups excluding carboxylic acids is 1. The van der Waals surface area contributed by atoms with E-state index in [9.17, 15) is 9.18 Å². The van der Waals surface area contributed by atoms with E-state index in [2.05, 4.69) is 0 Å². The van der Waals surface area contributed by atoms with E-state index in [1.807, 2.05) is 0 Å². The van der Waals surface area contributed by atoms with Gasteiger partial charge in [0.2, 0.25) is 0 Å². The van der Waals surface area contributed by atoms with Crippen molar-refractivity contribution in [3.05, 3.63) is 29.6 Å². The molecule has 0 fully saturated rings. The molecule has 1 aromatic carbocycles. The lowest BCUT2D eigenvalue weighted by atomic mass is 10.1. The summed E-state index contributed by atoms with van der Waals surface area (Å²) < 4.78 is 18.5. The maximum atomic E-state index is 13.6. The van der Waals surface area contributed by atoms with Gasteiger partial charge in [0.05, 0.1) is 5.69 Å². The largest absolute Gasteiger partial charge is 0.385 e. The van der Waals surface area contributed by atoms with Crippen LogP contribution in [0.25, 0.3) is 0 Å². The Morgan fingerprint density at radius 1 is 1.50 bits per heavy atom. The van der Waals surface area contributed by atoms with Crippen LogP contribution in [0.4, 0.5) is 10.1 Å². The molecule has 0 aliphatic heterocycles. The van der Waals surface area contributed by atoms with Gasteiger partial charge in [0, 0.05) is 32.9 Å². The van der Waals surface area contributed by atoms with Gasteiger partial charge in [0.25, 0.3) is 0 Å². The van der Waals surface area contributed by atoms with Gasteiger partial charge in [-0.2, -0.15) is 0 Å². The fraction of sp³-hybridized carbons (Fsp3) is 0.417. The molecule has 0 bridgehead atoms. The Balaban J connectivity index is 2.80. The zero-order valence-electron chi connectivity index (χ0n) is 9.57. The predicted molar refractivity (Wildman–Crippen MR) is 61.6 cm³/mol. The number of rotatable bonds is 6. The van der Waals surface area contributed by atoms with E-state index in [1.165, 1.54) is 12.1 Å². The first-order chi connectivity index (χ1) is 7.70. The summed E-state index contributed by atoms with van der Waals surface area (Å²) in [6, 6.07) is 4.50. The number of hydrogen-bond acceptors (Lipinski definition) is 3. The second kappa shape index (κ2) is 6.23. The number of carbonyl (C=O) groups is 1. The molecule has 0 atom stereocenters. The zero-order chi connectivity index (χ0) is 12.0. The smallest absolute Gasteiger partial charge is 0.152 e. The molecular weight excluding hydrogens is 209 g/mol. The van der Waals surface area contributed by atoms with E-state index in [1.54, 1.807) is 25.1 Å². The Kier molecular flexibility index (Phi) is 4.92. The van der Waals surface area contributed by atoms with Crippen molar-refractivity contribution in [1.29, 1.82) is 0 Å². The molecule has 16 heavy (non-hydrogen) atoms. The molecule has 3 nitrogen and oxygen atoms in total. The normalized spacial score (nSPS) is 10.2. The summed E-state index contributed by atoms with van der Waals surface area (Å²) in [4.78, 5) is 12.5. The molecule has 0 N–H and O–H groups in total. The number of benzene rings is 1. The third-order valence-corrected chi connectivity index (χ3v) is 2.37. The molecule has 0 spiro atoms. The molecule has 0 aliphatic carbocycles. The van der Waals surface area contributed by atoms with Gasteiger partial charge in [-0.3, -0.25) is 4.79 Å². The lowest BCUT2D eigenvalue weighted by Crippen LogP contribution is -2.22. The fourth-order valence-corrected chi connectivity index (χ4v) is 1.59. The Hall–Kier alpha value is -1.42. The summed E-state index contributed by atoms with van der Waals surface area (Å²) in [6.45, 7) is 1.27. The van der Waals surface area contributed by atoms with Crippen LogP contribution in [0.15, 0.2) is 18.2 Å². The van der Waals surface area contributed by atoms with Crippen molar-refractivity contribution >= 4 is 12.0 Å². The average Bonchev–Trinajstić information content (AvgIpc) is 2.28. The van der Waals surface area contributed by atoms with E-state index in [-0.39, 0.29) is 5.82 Å². The van der Waals surface area contributed by atoms with Gasteiger partial charge in [0.15, 0.2) is 6.29 Å². The molecule has 1 aromatic rings. The first-order valence-corrected chi connectivity index (χ1v) is 5.14. The lowest BCUT2D eigenvalue weighted by Gasteiger charge is -2.21. The highest BCUT2D eigenvalue weighted by Gasteiger charge is 2.11. The molecular formula is C12H16FNO2. The van der Waals surface area contributed by atoms with Gasteiger partial charge in [-0.1, -0.05) is 6.07 Å². The highest BCUT2D eigenvalue weighted by molar-refractivity contribution is 5.84. The molecule has 88 valence electrons. The highest BCUT2D eigenvalue weighted by Crippen LogP contribution is 2.22. The van der Waals surface area contributed by atoms with Gasteiger partial charge in [-0.25, -0.2) is 4.39 Å². The van der Waals surface area contributed by atoms with Crippen LogP contribution in [0.1, 0.15) is 16.8 Å². The topological polar surface area (TPSA) is 29.5 Å². The number of halogens is 1. The summed E-state index contributed by atoms with van der Waals surface area (Å²) in [7, 11) is 3.39. The first-order valence-electron chi connectivity index (χ1n) is 5.14. The van der Waals surface area contributed by atoms with Gasteiger partial charge in [0.1, 0.15) is 5.82 Å². The number of anilines is 1. The van der Waals surface area contributed by atoms with E-state index in [4.69, 9.17) is 4.74 Å². The summed E-state index contributed by atoms with van der Waals surface area (Å²) in [5, 5.41) is 0. The monoisotopic (exact) mass is 225 g/mol. The molecule has 0 aromatic heterocycles. The van der Waals surface area contributed by atoms with E-state index in [0.29, 0.717) is 30.7 Å². The van der Waals surface area contributed by atoms with Crippen LogP contribution in [0.2, 0.25) is 0 Å². The lowest BCUT2D eigenvalue weighted by molar-refractivity contribution is 0.112. The Morgan fingerprint density at radius 3 is 2.88 bits per heavy atom. The van der Waals surface area contributed by atoms with Crippen molar-refractivity contribution in [2.75, 3.05) is 32.2 Å². The van der Waals surface area contributed by atoms with Gasteiger partial charge >= 0.3 is 0 Å². The standard InChI is InChI=1S/C12H16FNO2/c1-14(7-4-8-16-2)12-10(9-15)5-3-6-11(12)13/h3,5-6,9H,4,7-8H2,1-2H3. The van der Waals surface area contributed by atoms with Crippen molar-refractivity contribution in [2.24, 2.45) is 0 Å². The summed E-state index contributed by atoms with van der Waals surface area (Å²) in [5.41, 5.74) is 0.730. The predicted octanol–water partition coefficient (Wildman–Crippen LogP) is 2.11. The van der Waals surface area contributed by atoms with Gasteiger partial charge in [-0.05, 0) is 18.6 Å². The first kappa shape index (κ1) is 12.6. The molecule has 0 amide bonds. The van der Waals surface area contributed by atoms with Crippen molar-refractivity contribution < 1.29 is 13.9 Å². The van der Waals surface area contributed by atoms with Crippen molar-refractivity contribution in [3.8, 4) is 0 Å². The van der Waals surface area contributed by atoms with Crippen LogP contribution in [0, 0.1) is 5.82 Å². The van der Waals surface area contributed by atoms with E-state index < -0.39 is 0 Å². The highest BCUT2D eigenvalue weighted by atomic mass is 19.1. The Labute approximate surface area is 94.8 Å². The van der Waals surface area contributed by atoms with E-state index >= 15 is 0 Å². The minimum absolute atomic E-state index is 0.355. The molecule has 0 saturated carbocycles. The molecule has 0 radical (unpaired) electrons. The second-order valence-corrected chi connectivity index (χ2v) is 3.56. The van der Waals surface area contributed by atoms with Crippen molar-refractivity contribution in [3.63, 3.8) is 0 Å². The maximum Gasteiger partial charge on any atom is 0.152 e. The molecule has 1 rings (SSSR count). The van der Waals surface area contributed by atoms with Crippen LogP contribution < -0.4 is 4.90 Å². The van der Waals surface area contributed by atoms with Crippen LogP contribution in [0.3, 0.4) is 0 Å². The van der Waals surface area contributed by atoms with E-state index in [0.717, 1.165) is 6.42 Å². The molecule has 0 saturated heterocycles. The number of hydrogen-bond donors (Lipinski definition) is 0. The van der Waals surface area contributed by atoms with Crippen LogP contribution in [0.5, 0.6) is 0 Å². The second-order valence-electron chi connectivity index (χ2n) is 3.56. The third kappa shape index (κ3) is 3.03. The van der Waals surface area contributed by atoms with Crippen LogP contribution in [-0.4, -0.2) is 33.6 Å². The zero-order valence-corrected chi connectivity index (χ0v) is 9.57. The molecule has 0 heterocycles. The SMILES string of the molecule is COCCCN(C)c1c(F)cccc1C=O. The Bertz CT molecular complexity index is 355. The summed E-state index contributed by atoms with van der Waals surface area (Å²) >= 11 is 0. The maximum absolute atomic E-state index is 13.6. The number of aldehydes is 1. The Morgan fingerprint density at radius 2 is 2.25 bits per heavy atom. The minimum Gasteiger partial charge on any atom is -0.385 e. The average molecular weight is 225 g/mol. The summed E-state index contributed by atoms with van der Waals surface area (Å²) in [6.07, 6.45) is 1.46. The number of para-hydroxylation sites is 1. The molecule has 0 aliphatic rings. The molecule has 4 heteroatoms. The quantitative estimate of drug-likeness (QED) is 0.548. The van der Waals surface area contributed by atoms with Gasteiger partial charge < -0.3 is 9.64 Å². The minimum atomic E-state index is -0.371. The van der Waals surface area contributed by atoms with Crippen molar-refractivity contribution in [1.82, 2.24) is 0 Å². The molecule has 0 unspecified atom stereocenters.